The summed E-state index contributed by atoms with van der Waals surface area (Å²) in [5.74, 6) is 1.36. The molecule has 0 atom stereocenters. The average Bonchev–Trinajstić information content (AvgIpc) is 3.07. The summed E-state index contributed by atoms with van der Waals surface area (Å²) in [6, 6.07) is 7.42. The van der Waals surface area contributed by atoms with Crippen LogP contribution in [0.4, 0.5) is 10.5 Å². The highest BCUT2D eigenvalue weighted by atomic mass is 32.1. The number of methoxy groups -OCH3 is 1. The van der Waals surface area contributed by atoms with Gasteiger partial charge in [0.15, 0.2) is 0 Å². The van der Waals surface area contributed by atoms with Gasteiger partial charge in [-0.05, 0) is 12.1 Å². The number of nitrogens with zero attached hydrogens (tertiary/aromatic N) is 3. The number of carbonyl (C=O) groups excluding carboxylic acids is 1. The smallest absolute Gasteiger partial charge is 0.322 e. The molecule has 3 aromatic rings. The molecular formula is C17H16N4O3S. The Kier molecular flexibility index (Phi) is 4.10. The Bertz CT molecular complexity index is 908. The molecule has 1 saturated heterocycles. The molecule has 25 heavy (non-hydrogen) atoms. The monoisotopic (exact) mass is 356 g/mol. The Labute approximate surface area is 148 Å². The topological polar surface area (TPSA) is 76.6 Å². The van der Waals surface area contributed by atoms with E-state index in [0.29, 0.717) is 24.5 Å². The van der Waals surface area contributed by atoms with Gasteiger partial charge >= 0.3 is 6.03 Å². The molecule has 0 bridgehead atoms. The molecule has 0 saturated carbocycles. The summed E-state index contributed by atoms with van der Waals surface area (Å²) in [5, 5.41) is 2.81. The third-order valence-corrected chi connectivity index (χ3v) is 4.75. The van der Waals surface area contributed by atoms with Crippen LogP contribution >= 0.6 is 11.3 Å². The number of para-hydroxylation sites is 1. The highest BCUT2D eigenvalue weighted by molar-refractivity contribution is 7.16. The highest BCUT2D eigenvalue weighted by Crippen LogP contribution is 2.29. The minimum atomic E-state index is -0.179. The first-order valence-electron chi connectivity index (χ1n) is 7.77. The van der Waals surface area contributed by atoms with Crippen molar-refractivity contribution in [3.63, 3.8) is 0 Å². The minimum absolute atomic E-state index is 0.0264. The molecule has 1 aliphatic rings. The van der Waals surface area contributed by atoms with Crippen molar-refractivity contribution in [3.8, 4) is 11.5 Å². The van der Waals surface area contributed by atoms with Crippen LogP contribution in [0.2, 0.25) is 0 Å². The van der Waals surface area contributed by atoms with Crippen LogP contribution in [-0.2, 0) is 0 Å². The zero-order valence-corrected chi connectivity index (χ0v) is 14.3. The molecule has 2 amide bonds. The molecule has 8 heteroatoms. The maximum absolute atomic E-state index is 12.2. The number of rotatable bonds is 4. The van der Waals surface area contributed by atoms with Crippen molar-refractivity contribution < 1.29 is 14.3 Å². The van der Waals surface area contributed by atoms with Gasteiger partial charge in [0, 0.05) is 6.07 Å². The first-order valence-corrected chi connectivity index (χ1v) is 8.65. The van der Waals surface area contributed by atoms with E-state index in [2.05, 4.69) is 15.3 Å². The van der Waals surface area contributed by atoms with Crippen LogP contribution in [0, 0.1) is 0 Å². The molecular weight excluding hydrogens is 340 g/mol. The highest BCUT2D eigenvalue weighted by Gasteiger charge is 2.32. The van der Waals surface area contributed by atoms with Crippen molar-refractivity contribution >= 4 is 33.3 Å². The van der Waals surface area contributed by atoms with Gasteiger partial charge in [-0.3, -0.25) is 4.98 Å². The summed E-state index contributed by atoms with van der Waals surface area (Å²) < 4.78 is 12.2. The van der Waals surface area contributed by atoms with Crippen LogP contribution < -0.4 is 14.8 Å². The van der Waals surface area contributed by atoms with E-state index < -0.39 is 0 Å². The molecule has 7 nitrogen and oxygen atoms in total. The number of likely N-dealkylation sites (tertiary alicyclic amines) is 1. The van der Waals surface area contributed by atoms with Crippen molar-refractivity contribution in [2.45, 2.75) is 6.10 Å². The summed E-state index contributed by atoms with van der Waals surface area (Å²) in [6.45, 7) is 1.06. The molecule has 0 aliphatic carbocycles. The number of ether oxygens (including phenoxy) is 2. The minimum Gasteiger partial charge on any atom is -0.495 e. The van der Waals surface area contributed by atoms with Crippen LogP contribution in [0.3, 0.4) is 0 Å². The van der Waals surface area contributed by atoms with Crippen molar-refractivity contribution in [3.05, 3.63) is 42.2 Å². The number of anilines is 1. The number of hydrogen-bond donors (Lipinski definition) is 1. The van der Waals surface area contributed by atoms with Crippen molar-refractivity contribution in [2.75, 3.05) is 25.5 Å². The summed E-state index contributed by atoms with van der Waals surface area (Å²) in [5.41, 5.74) is 3.28. The van der Waals surface area contributed by atoms with Gasteiger partial charge < -0.3 is 19.7 Å². The van der Waals surface area contributed by atoms with Crippen molar-refractivity contribution in [1.82, 2.24) is 14.9 Å². The lowest BCUT2D eigenvalue weighted by Gasteiger charge is -2.38. The number of nitrogens with one attached hydrogen (secondary N) is 1. The quantitative estimate of drug-likeness (QED) is 0.778. The van der Waals surface area contributed by atoms with Gasteiger partial charge in [0.05, 0.1) is 48.5 Å². The lowest BCUT2D eigenvalue weighted by atomic mass is 10.2. The molecule has 0 spiro atoms. The third kappa shape index (κ3) is 3.20. The van der Waals surface area contributed by atoms with E-state index in [-0.39, 0.29) is 12.1 Å². The standard InChI is InChI=1S/C17H16N4O3S/c1-23-12-5-11(6-18-7-12)20-17(22)21-8-13(9-21)24-14-3-2-4-15-16(14)19-10-25-15/h2-7,10,13H,8-9H2,1H3,(H,20,22). The Morgan fingerprint density at radius 3 is 3.08 bits per heavy atom. The molecule has 0 unspecified atom stereocenters. The summed E-state index contributed by atoms with van der Waals surface area (Å²) in [7, 11) is 1.56. The number of aromatic nitrogens is 2. The fraction of sp³-hybridized carbons (Fsp3) is 0.235. The number of benzene rings is 1. The van der Waals surface area contributed by atoms with E-state index in [0.717, 1.165) is 16.0 Å². The molecule has 2 aromatic heterocycles. The van der Waals surface area contributed by atoms with Crippen LogP contribution in [0.1, 0.15) is 0 Å². The largest absolute Gasteiger partial charge is 0.495 e. The number of amides is 2. The van der Waals surface area contributed by atoms with Crippen molar-refractivity contribution in [1.29, 1.82) is 0 Å². The molecule has 1 fully saturated rings. The summed E-state index contributed by atoms with van der Waals surface area (Å²) >= 11 is 1.58. The number of hydrogen-bond acceptors (Lipinski definition) is 6. The second-order valence-electron chi connectivity index (χ2n) is 5.64. The summed E-state index contributed by atoms with van der Waals surface area (Å²) in [6.07, 6.45) is 3.14. The maximum Gasteiger partial charge on any atom is 0.322 e. The predicted octanol–water partition coefficient (Wildman–Crippen LogP) is 3.00. The normalized spacial score (nSPS) is 14.2. The number of thiazole rings is 1. The summed E-state index contributed by atoms with van der Waals surface area (Å²) in [4.78, 5) is 22.3. The van der Waals surface area contributed by atoms with Crippen LogP contribution in [-0.4, -0.2) is 47.2 Å². The number of carbonyl (C=O) groups is 1. The fourth-order valence-corrected chi connectivity index (χ4v) is 3.31. The average molecular weight is 356 g/mol. The van der Waals surface area contributed by atoms with Gasteiger partial charge in [-0.1, -0.05) is 6.07 Å². The number of fused-ring (bicyclic) bond motifs is 1. The van der Waals surface area contributed by atoms with Crippen molar-refractivity contribution in [2.24, 2.45) is 0 Å². The third-order valence-electron chi connectivity index (χ3n) is 3.95. The Morgan fingerprint density at radius 1 is 1.36 bits per heavy atom. The van der Waals surface area contributed by atoms with Crippen LogP contribution in [0.25, 0.3) is 10.2 Å². The SMILES string of the molecule is COc1cncc(NC(=O)N2CC(Oc3cccc4scnc34)C2)c1. The predicted molar refractivity (Wildman–Crippen MR) is 95.4 cm³/mol. The van der Waals surface area contributed by atoms with E-state index in [4.69, 9.17) is 9.47 Å². The number of pyridine rings is 1. The molecule has 0 radical (unpaired) electrons. The number of urea groups is 1. The van der Waals surface area contributed by atoms with E-state index in [1.165, 1.54) is 0 Å². The lowest BCUT2D eigenvalue weighted by Crippen LogP contribution is -2.57. The van der Waals surface area contributed by atoms with Gasteiger partial charge in [0.25, 0.3) is 0 Å². The van der Waals surface area contributed by atoms with E-state index in [1.54, 1.807) is 47.3 Å². The molecule has 1 N–H and O–H groups in total. The first kappa shape index (κ1) is 15.6. The van der Waals surface area contributed by atoms with Gasteiger partial charge in [-0.15, -0.1) is 11.3 Å². The van der Waals surface area contributed by atoms with E-state index in [1.807, 2.05) is 18.2 Å². The maximum atomic E-state index is 12.2. The van der Waals surface area contributed by atoms with Crippen LogP contribution in [0.15, 0.2) is 42.2 Å². The first-order chi connectivity index (χ1) is 12.2. The van der Waals surface area contributed by atoms with Crippen LogP contribution in [0.5, 0.6) is 11.5 Å². The zero-order chi connectivity index (χ0) is 17.2. The Balaban J connectivity index is 1.34. The Morgan fingerprint density at radius 2 is 2.24 bits per heavy atom. The lowest BCUT2D eigenvalue weighted by molar-refractivity contribution is 0.0502. The zero-order valence-electron chi connectivity index (χ0n) is 13.5. The van der Waals surface area contributed by atoms with E-state index >= 15 is 0 Å². The van der Waals surface area contributed by atoms with Gasteiger partial charge in [0.1, 0.15) is 23.1 Å². The van der Waals surface area contributed by atoms with Gasteiger partial charge in [-0.25, -0.2) is 9.78 Å². The van der Waals surface area contributed by atoms with E-state index in [9.17, 15) is 4.79 Å². The molecule has 1 aromatic carbocycles. The second kappa shape index (κ2) is 6.56. The second-order valence-corrected chi connectivity index (χ2v) is 6.53. The van der Waals surface area contributed by atoms with Gasteiger partial charge in [-0.2, -0.15) is 0 Å². The Hall–Kier alpha value is -2.87. The molecule has 128 valence electrons. The fourth-order valence-electron chi connectivity index (χ4n) is 2.61. The molecule has 3 heterocycles. The molecule has 1 aliphatic heterocycles. The molecule has 4 rings (SSSR count). The van der Waals surface area contributed by atoms with Gasteiger partial charge in [0.2, 0.25) is 0 Å².